The van der Waals surface area contributed by atoms with E-state index < -0.39 is 10.0 Å². The van der Waals surface area contributed by atoms with E-state index in [9.17, 15) is 13.2 Å². The molecule has 28 heavy (non-hydrogen) atoms. The molecule has 6 nitrogen and oxygen atoms in total. The summed E-state index contributed by atoms with van der Waals surface area (Å²) in [5.41, 5.74) is 0.955. The average Bonchev–Trinajstić information content (AvgIpc) is 3.17. The third-order valence-corrected chi connectivity index (χ3v) is 8.41. The fourth-order valence-corrected chi connectivity index (χ4v) is 6.13. The summed E-state index contributed by atoms with van der Waals surface area (Å²) in [6.07, 6.45) is 6.23. The number of rotatable bonds is 3. The van der Waals surface area contributed by atoms with Gasteiger partial charge in [-0.05, 0) is 68.3 Å². The third kappa shape index (κ3) is 4.22. The summed E-state index contributed by atoms with van der Waals surface area (Å²) in [7, 11) is -3.44. The maximum atomic E-state index is 12.8. The van der Waals surface area contributed by atoms with Gasteiger partial charge in [0.25, 0.3) is 5.91 Å². The van der Waals surface area contributed by atoms with Crippen LogP contribution in [0.15, 0.2) is 29.2 Å². The van der Waals surface area contributed by atoms with Crippen molar-refractivity contribution in [3.05, 3.63) is 29.8 Å². The van der Waals surface area contributed by atoms with Gasteiger partial charge < -0.3 is 10.2 Å². The Balaban J connectivity index is 0.00000225. The Labute approximate surface area is 174 Å². The Bertz CT molecular complexity index is 775. The number of nitrogens with zero attached hydrogens (tertiary/aromatic N) is 2. The van der Waals surface area contributed by atoms with E-state index in [0.717, 1.165) is 58.3 Å². The first-order valence-corrected chi connectivity index (χ1v) is 11.5. The highest BCUT2D eigenvalue weighted by Crippen LogP contribution is 2.37. The van der Waals surface area contributed by atoms with E-state index in [-0.39, 0.29) is 23.2 Å². The summed E-state index contributed by atoms with van der Waals surface area (Å²) in [4.78, 5) is 15.0. The van der Waals surface area contributed by atoms with Crippen LogP contribution in [0.3, 0.4) is 0 Å². The Morgan fingerprint density at radius 3 is 2.14 bits per heavy atom. The maximum Gasteiger partial charge on any atom is 0.253 e. The molecule has 8 heteroatoms. The predicted octanol–water partition coefficient (Wildman–Crippen LogP) is 2.50. The lowest BCUT2D eigenvalue weighted by Gasteiger charge is -2.38. The maximum absolute atomic E-state index is 12.8. The molecule has 1 aromatic carbocycles. The third-order valence-electron chi connectivity index (χ3n) is 6.50. The minimum absolute atomic E-state index is 0. The van der Waals surface area contributed by atoms with Gasteiger partial charge in [0, 0.05) is 38.3 Å². The fourth-order valence-electron chi connectivity index (χ4n) is 4.61. The quantitative estimate of drug-likeness (QED) is 0.804. The number of carbonyl (C=O) groups excluding carboxylic acids is 1. The molecule has 3 fully saturated rings. The molecule has 0 radical (unpaired) electrons. The van der Waals surface area contributed by atoms with Crippen molar-refractivity contribution in [2.75, 3.05) is 39.3 Å². The van der Waals surface area contributed by atoms with Crippen LogP contribution in [0.4, 0.5) is 0 Å². The lowest BCUT2D eigenvalue weighted by molar-refractivity contribution is 0.0607. The van der Waals surface area contributed by atoms with Gasteiger partial charge in [-0.2, -0.15) is 4.31 Å². The monoisotopic (exact) mass is 427 g/mol. The standard InChI is InChI=1S/C20H29N3O3S.ClH/c24-19(22-14-9-20(10-15-22)8-11-21-16-20)17-4-6-18(7-5-17)27(25,26)23-12-2-1-3-13-23;/h4-7,21H,1-3,8-16H2;1H. The molecule has 1 spiro atoms. The number of sulfonamides is 1. The summed E-state index contributed by atoms with van der Waals surface area (Å²) in [6, 6.07) is 6.51. The highest BCUT2D eigenvalue weighted by molar-refractivity contribution is 7.89. The van der Waals surface area contributed by atoms with Crippen LogP contribution in [-0.2, 0) is 10.0 Å². The van der Waals surface area contributed by atoms with E-state index >= 15 is 0 Å². The van der Waals surface area contributed by atoms with E-state index in [1.807, 2.05) is 4.90 Å². The van der Waals surface area contributed by atoms with Crippen LogP contribution in [0.2, 0.25) is 0 Å². The summed E-state index contributed by atoms with van der Waals surface area (Å²) >= 11 is 0. The lowest BCUT2D eigenvalue weighted by atomic mass is 9.78. The normalized spacial score (nSPS) is 22.8. The van der Waals surface area contributed by atoms with Gasteiger partial charge >= 0.3 is 0 Å². The molecule has 156 valence electrons. The first kappa shape index (κ1) is 21.6. The molecule has 0 bridgehead atoms. The Kier molecular flexibility index (Phi) is 6.69. The molecule has 0 aromatic heterocycles. The summed E-state index contributed by atoms with van der Waals surface area (Å²) in [6.45, 7) is 4.91. The minimum atomic E-state index is -3.44. The molecule has 3 aliphatic rings. The van der Waals surface area contributed by atoms with Crippen molar-refractivity contribution < 1.29 is 13.2 Å². The fraction of sp³-hybridized carbons (Fsp3) is 0.650. The first-order valence-electron chi connectivity index (χ1n) is 10.1. The number of halogens is 1. The summed E-state index contributed by atoms with van der Waals surface area (Å²) in [5, 5.41) is 3.44. The zero-order valence-corrected chi connectivity index (χ0v) is 17.9. The van der Waals surface area contributed by atoms with Gasteiger partial charge in [-0.15, -0.1) is 12.4 Å². The molecule has 0 aliphatic carbocycles. The van der Waals surface area contributed by atoms with Crippen molar-refractivity contribution >= 4 is 28.3 Å². The smallest absolute Gasteiger partial charge is 0.253 e. The van der Waals surface area contributed by atoms with Crippen LogP contribution >= 0.6 is 12.4 Å². The SMILES string of the molecule is Cl.O=C(c1ccc(S(=O)(=O)N2CCCCC2)cc1)N1CCC2(CCNC2)CC1. The first-order chi connectivity index (χ1) is 13.0. The molecule has 1 amide bonds. The van der Waals surface area contributed by atoms with Crippen molar-refractivity contribution in [1.29, 1.82) is 0 Å². The van der Waals surface area contributed by atoms with Crippen LogP contribution in [0.1, 0.15) is 48.9 Å². The highest BCUT2D eigenvalue weighted by Gasteiger charge is 2.38. The van der Waals surface area contributed by atoms with Crippen LogP contribution in [-0.4, -0.2) is 62.8 Å². The number of nitrogens with one attached hydrogen (secondary N) is 1. The van der Waals surface area contributed by atoms with Gasteiger partial charge in [0.2, 0.25) is 10.0 Å². The zero-order valence-electron chi connectivity index (χ0n) is 16.2. The van der Waals surface area contributed by atoms with E-state index in [2.05, 4.69) is 5.32 Å². The van der Waals surface area contributed by atoms with Gasteiger partial charge in [-0.1, -0.05) is 6.42 Å². The molecular weight excluding hydrogens is 398 g/mol. The molecule has 1 aromatic rings. The molecule has 4 rings (SSSR count). The molecule has 3 aliphatic heterocycles. The minimum Gasteiger partial charge on any atom is -0.339 e. The number of hydrogen-bond donors (Lipinski definition) is 1. The van der Waals surface area contributed by atoms with Crippen LogP contribution in [0.25, 0.3) is 0 Å². The van der Waals surface area contributed by atoms with Gasteiger partial charge in [0.05, 0.1) is 4.90 Å². The van der Waals surface area contributed by atoms with Crippen molar-refractivity contribution in [1.82, 2.24) is 14.5 Å². The van der Waals surface area contributed by atoms with E-state index in [0.29, 0.717) is 24.1 Å². The van der Waals surface area contributed by atoms with Gasteiger partial charge in [0.1, 0.15) is 0 Å². The molecule has 1 N–H and O–H groups in total. The van der Waals surface area contributed by atoms with Crippen LogP contribution < -0.4 is 5.32 Å². The second kappa shape index (κ2) is 8.69. The van der Waals surface area contributed by atoms with E-state index in [4.69, 9.17) is 0 Å². The number of benzene rings is 1. The topological polar surface area (TPSA) is 69.7 Å². The molecule has 0 saturated carbocycles. The predicted molar refractivity (Wildman–Crippen MR) is 111 cm³/mol. The summed E-state index contributed by atoms with van der Waals surface area (Å²) in [5.74, 6) is 0.0118. The van der Waals surface area contributed by atoms with Gasteiger partial charge in [0.15, 0.2) is 0 Å². The van der Waals surface area contributed by atoms with Gasteiger partial charge in [-0.3, -0.25) is 4.79 Å². The van der Waals surface area contributed by atoms with Crippen LogP contribution in [0, 0.1) is 5.41 Å². The van der Waals surface area contributed by atoms with E-state index in [1.165, 1.54) is 6.42 Å². The average molecular weight is 428 g/mol. The zero-order chi connectivity index (χ0) is 18.9. The number of amides is 1. The number of hydrogen-bond acceptors (Lipinski definition) is 4. The van der Waals surface area contributed by atoms with Gasteiger partial charge in [-0.25, -0.2) is 8.42 Å². The van der Waals surface area contributed by atoms with Crippen molar-refractivity contribution in [3.63, 3.8) is 0 Å². The molecule has 0 unspecified atom stereocenters. The highest BCUT2D eigenvalue weighted by atomic mass is 35.5. The molecule has 0 atom stereocenters. The largest absolute Gasteiger partial charge is 0.339 e. The molecule has 3 saturated heterocycles. The number of carbonyl (C=O) groups is 1. The lowest BCUT2D eigenvalue weighted by Crippen LogP contribution is -2.44. The second-order valence-corrected chi connectivity index (χ2v) is 10.1. The number of piperidine rings is 2. The second-order valence-electron chi connectivity index (χ2n) is 8.21. The molecular formula is C20H30ClN3O3S. The Morgan fingerprint density at radius 1 is 0.929 bits per heavy atom. The Hall–Kier alpha value is -1.15. The van der Waals surface area contributed by atoms with E-state index in [1.54, 1.807) is 28.6 Å². The Morgan fingerprint density at radius 2 is 1.57 bits per heavy atom. The summed E-state index contributed by atoms with van der Waals surface area (Å²) < 4.78 is 27.0. The van der Waals surface area contributed by atoms with Crippen molar-refractivity contribution in [3.8, 4) is 0 Å². The van der Waals surface area contributed by atoms with Crippen LogP contribution in [0.5, 0.6) is 0 Å². The van der Waals surface area contributed by atoms with Crippen molar-refractivity contribution in [2.24, 2.45) is 5.41 Å². The number of likely N-dealkylation sites (tertiary alicyclic amines) is 1. The van der Waals surface area contributed by atoms with Crippen molar-refractivity contribution in [2.45, 2.75) is 43.4 Å². The molecule has 3 heterocycles.